The molecular weight excluding hydrogens is 304 g/mol. The Bertz CT molecular complexity index is 787. The molecule has 3 rings (SSSR count). The smallest absolute Gasteiger partial charge is 0.367 e. The van der Waals surface area contributed by atoms with E-state index in [2.05, 4.69) is 4.98 Å². The molecule has 0 spiro atoms. The number of phenols is 1. The standard InChI is InChI=1S/C14H14N4O5/c1-16-7-15-11-10(16)12(20)18(14(22)17(11)2)23-13(21)8-5-3-4-6-9(8)19/h3-7,14,19,22H,1-2H3. The van der Waals surface area contributed by atoms with E-state index in [9.17, 15) is 19.8 Å². The second kappa shape index (κ2) is 5.29. The molecule has 9 heteroatoms. The molecular formula is C14H14N4O5. The van der Waals surface area contributed by atoms with Crippen LogP contribution in [0.4, 0.5) is 5.82 Å². The highest BCUT2D eigenvalue weighted by Gasteiger charge is 2.41. The molecule has 1 aromatic carbocycles. The van der Waals surface area contributed by atoms with Crippen LogP contribution in [0.3, 0.4) is 0 Å². The summed E-state index contributed by atoms with van der Waals surface area (Å²) in [6.45, 7) is 0. The van der Waals surface area contributed by atoms with Crippen LogP contribution in [0.1, 0.15) is 20.8 Å². The van der Waals surface area contributed by atoms with Gasteiger partial charge in [-0.3, -0.25) is 4.79 Å². The summed E-state index contributed by atoms with van der Waals surface area (Å²) in [5.41, 5.74) is 0.0499. The van der Waals surface area contributed by atoms with Crippen LogP contribution in [0, 0.1) is 0 Å². The first-order chi connectivity index (χ1) is 10.9. The van der Waals surface area contributed by atoms with Gasteiger partial charge in [-0.15, -0.1) is 5.06 Å². The van der Waals surface area contributed by atoms with Crippen molar-refractivity contribution in [3.8, 4) is 5.75 Å². The summed E-state index contributed by atoms with van der Waals surface area (Å²) in [6.07, 6.45) is -0.111. The third-order valence-electron chi connectivity index (χ3n) is 3.52. The van der Waals surface area contributed by atoms with Gasteiger partial charge in [-0.25, -0.2) is 9.78 Å². The number of benzene rings is 1. The van der Waals surface area contributed by atoms with Crippen LogP contribution < -0.4 is 4.90 Å². The van der Waals surface area contributed by atoms with E-state index in [4.69, 9.17) is 4.84 Å². The van der Waals surface area contributed by atoms with Gasteiger partial charge in [0.25, 0.3) is 0 Å². The number of aromatic hydroxyl groups is 1. The summed E-state index contributed by atoms with van der Waals surface area (Å²) in [6, 6.07) is 5.74. The Morgan fingerprint density at radius 2 is 2.00 bits per heavy atom. The molecule has 2 aromatic rings. The number of aliphatic hydroxyl groups is 1. The van der Waals surface area contributed by atoms with Gasteiger partial charge < -0.3 is 24.5 Å². The van der Waals surface area contributed by atoms with Gasteiger partial charge in [0.15, 0.2) is 11.5 Å². The first kappa shape index (κ1) is 14.9. The summed E-state index contributed by atoms with van der Waals surface area (Å²) < 4.78 is 1.46. The zero-order chi connectivity index (χ0) is 16.7. The second-order valence-electron chi connectivity index (χ2n) is 5.01. The highest BCUT2D eigenvalue weighted by Crippen LogP contribution is 2.28. The molecule has 0 saturated carbocycles. The third kappa shape index (κ3) is 2.27. The van der Waals surface area contributed by atoms with Gasteiger partial charge in [0.2, 0.25) is 6.35 Å². The number of amides is 1. The van der Waals surface area contributed by atoms with E-state index in [1.807, 2.05) is 0 Å². The molecule has 1 atom stereocenters. The molecule has 0 fully saturated rings. The molecule has 120 valence electrons. The van der Waals surface area contributed by atoms with Crippen molar-refractivity contribution < 1.29 is 24.6 Å². The van der Waals surface area contributed by atoms with Crippen LogP contribution in [0.2, 0.25) is 0 Å². The van der Waals surface area contributed by atoms with E-state index < -0.39 is 18.2 Å². The average Bonchev–Trinajstić information content (AvgIpc) is 2.91. The number of rotatable bonds is 2. The molecule has 2 N–H and O–H groups in total. The summed E-state index contributed by atoms with van der Waals surface area (Å²) >= 11 is 0. The number of anilines is 1. The quantitative estimate of drug-likeness (QED) is 0.806. The van der Waals surface area contributed by atoms with Crippen molar-refractivity contribution >= 4 is 17.7 Å². The normalized spacial score (nSPS) is 17.2. The lowest BCUT2D eigenvalue weighted by Gasteiger charge is -2.36. The molecule has 2 heterocycles. The molecule has 0 saturated heterocycles. The molecule has 9 nitrogen and oxygen atoms in total. The molecule has 1 aliphatic rings. The van der Waals surface area contributed by atoms with Crippen LogP contribution >= 0.6 is 0 Å². The number of carbonyl (C=O) groups is 2. The van der Waals surface area contributed by atoms with Gasteiger partial charge in [-0.1, -0.05) is 12.1 Å². The van der Waals surface area contributed by atoms with Gasteiger partial charge in [0.1, 0.15) is 11.3 Å². The fourth-order valence-electron chi connectivity index (χ4n) is 2.27. The Kier molecular flexibility index (Phi) is 3.41. The van der Waals surface area contributed by atoms with Gasteiger partial charge in [0.05, 0.1) is 6.33 Å². The van der Waals surface area contributed by atoms with Gasteiger partial charge >= 0.3 is 11.9 Å². The fraction of sp³-hybridized carbons (Fsp3) is 0.214. The second-order valence-corrected chi connectivity index (χ2v) is 5.01. The number of para-hydroxylation sites is 1. The van der Waals surface area contributed by atoms with Crippen molar-refractivity contribution in [2.75, 3.05) is 11.9 Å². The Morgan fingerprint density at radius 1 is 1.30 bits per heavy atom. The number of carbonyl (C=O) groups excluding carboxylic acids is 2. The maximum absolute atomic E-state index is 12.4. The predicted octanol–water partition coefficient (Wildman–Crippen LogP) is 0.0656. The molecule has 23 heavy (non-hydrogen) atoms. The zero-order valence-electron chi connectivity index (χ0n) is 12.4. The molecule has 0 radical (unpaired) electrons. The molecule has 1 aliphatic heterocycles. The summed E-state index contributed by atoms with van der Waals surface area (Å²) in [5.74, 6) is -1.69. The maximum atomic E-state index is 12.4. The van der Waals surface area contributed by atoms with Crippen molar-refractivity contribution in [2.24, 2.45) is 7.05 Å². The van der Waals surface area contributed by atoms with E-state index >= 15 is 0 Å². The Labute approximate surface area is 130 Å². The highest BCUT2D eigenvalue weighted by molar-refractivity contribution is 6.00. The molecule has 1 amide bonds. The van der Waals surface area contributed by atoms with Crippen molar-refractivity contribution in [3.63, 3.8) is 0 Å². The van der Waals surface area contributed by atoms with E-state index in [-0.39, 0.29) is 22.8 Å². The number of phenolic OH excluding ortho intramolecular Hbond substituents is 1. The molecule has 1 unspecified atom stereocenters. The number of hydroxylamine groups is 2. The summed E-state index contributed by atoms with van der Waals surface area (Å²) in [7, 11) is 3.11. The van der Waals surface area contributed by atoms with Crippen LogP contribution in [-0.4, -0.2) is 50.1 Å². The van der Waals surface area contributed by atoms with E-state index in [1.54, 1.807) is 13.1 Å². The first-order valence-corrected chi connectivity index (χ1v) is 6.68. The fourth-order valence-corrected chi connectivity index (χ4v) is 2.27. The average molecular weight is 318 g/mol. The summed E-state index contributed by atoms with van der Waals surface area (Å²) in [4.78, 5) is 34.9. The van der Waals surface area contributed by atoms with E-state index in [1.165, 1.54) is 41.0 Å². The first-order valence-electron chi connectivity index (χ1n) is 6.68. The third-order valence-corrected chi connectivity index (χ3v) is 3.52. The van der Waals surface area contributed by atoms with Crippen molar-refractivity contribution in [1.29, 1.82) is 0 Å². The van der Waals surface area contributed by atoms with Gasteiger partial charge in [0, 0.05) is 14.1 Å². The number of aliphatic hydroxyl groups excluding tert-OH is 1. The van der Waals surface area contributed by atoms with E-state index in [0.29, 0.717) is 5.06 Å². The Morgan fingerprint density at radius 3 is 2.70 bits per heavy atom. The lowest BCUT2D eigenvalue weighted by atomic mass is 10.2. The van der Waals surface area contributed by atoms with Crippen LogP contribution in [0.5, 0.6) is 5.75 Å². The minimum atomic E-state index is -1.53. The van der Waals surface area contributed by atoms with Crippen LogP contribution in [-0.2, 0) is 11.9 Å². The zero-order valence-corrected chi connectivity index (χ0v) is 12.4. The Hall–Kier alpha value is -3.07. The minimum Gasteiger partial charge on any atom is -0.507 e. The molecule has 1 aromatic heterocycles. The highest BCUT2D eigenvalue weighted by atomic mass is 16.7. The van der Waals surface area contributed by atoms with Gasteiger partial charge in [-0.05, 0) is 12.1 Å². The lowest BCUT2D eigenvalue weighted by molar-refractivity contribution is -0.165. The van der Waals surface area contributed by atoms with Crippen molar-refractivity contribution in [1.82, 2.24) is 14.6 Å². The molecule has 0 bridgehead atoms. The van der Waals surface area contributed by atoms with Crippen molar-refractivity contribution in [3.05, 3.63) is 41.9 Å². The lowest BCUT2D eigenvalue weighted by Crippen LogP contribution is -2.54. The SMILES string of the molecule is CN1c2ncn(C)c2C(=O)N(OC(=O)c2ccccc2O)C1O. The number of imidazole rings is 1. The monoisotopic (exact) mass is 318 g/mol. The topological polar surface area (TPSA) is 108 Å². The minimum absolute atomic E-state index is 0.119. The molecule has 0 aliphatic carbocycles. The number of aryl methyl sites for hydroxylation is 1. The summed E-state index contributed by atoms with van der Waals surface area (Å²) in [5, 5.41) is 20.4. The van der Waals surface area contributed by atoms with Crippen LogP contribution in [0.15, 0.2) is 30.6 Å². The Balaban J connectivity index is 1.92. The van der Waals surface area contributed by atoms with Crippen molar-refractivity contribution in [2.45, 2.75) is 6.35 Å². The number of nitrogens with zero attached hydrogens (tertiary/aromatic N) is 4. The van der Waals surface area contributed by atoms with E-state index in [0.717, 1.165) is 0 Å². The predicted molar refractivity (Wildman–Crippen MR) is 77.3 cm³/mol. The van der Waals surface area contributed by atoms with Crippen LogP contribution in [0.25, 0.3) is 0 Å². The number of fused-ring (bicyclic) bond motifs is 1. The maximum Gasteiger partial charge on any atom is 0.367 e. The van der Waals surface area contributed by atoms with Gasteiger partial charge in [-0.2, -0.15) is 0 Å². The largest absolute Gasteiger partial charge is 0.507 e. The number of hydrogen-bond acceptors (Lipinski definition) is 7. The number of hydrogen-bond donors (Lipinski definition) is 2. The number of aromatic nitrogens is 2.